The van der Waals surface area contributed by atoms with Crippen LogP contribution in [-0.2, 0) is 4.74 Å². The van der Waals surface area contributed by atoms with Crippen LogP contribution in [0.15, 0.2) is 18.2 Å². The summed E-state index contributed by atoms with van der Waals surface area (Å²) < 4.78 is 5.55. The number of morpholine rings is 1. The number of rotatable bonds is 4. The molecule has 106 valence electrons. The Labute approximate surface area is 124 Å². The first-order chi connectivity index (χ1) is 9.17. The van der Waals surface area contributed by atoms with E-state index in [1.54, 1.807) is 6.07 Å². The Morgan fingerprint density at radius 2 is 2.26 bits per heavy atom. The van der Waals surface area contributed by atoms with Gasteiger partial charge in [0, 0.05) is 35.2 Å². The average Bonchev–Trinajstić information content (AvgIpc) is 2.44. The minimum atomic E-state index is 0.0973. The molecule has 2 rings (SSSR count). The molecule has 2 unspecified atom stereocenters. The fraction of sp³-hybridized carbons (Fsp3) is 0.571. The van der Waals surface area contributed by atoms with Crippen molar-refractivity contribution in [1.29, 1.82) is 0 Å². The van der Waals surface area contributed by atoms with E-state index >= 15 is 0 Å². The molecule has 1 aromatic carbocycles. The molecule has 0 aromatic heterocycles. The summed E-state index contributed by atoms with van der Waals surface area (Å²) >= 11 is 12.4. The Morgan fingerprint density at radius 3 is 2.95 bits per heavy atom. The zero-order valence-corrected chi connectivity index (χ0v) is 12.6. The van der Waals surface area contributed by atoms with Crippen LogP contribution in [0.4, 0.5) is 0 Å². The number of nitrogens with two attached hydrogens (primary N) is 1. The normalized spacial score (nSPS) is 22.4. The number of benzene rings is 1. The van der Waals surface area contributed by atoms with Crippen LogP contribution in [0, 0.1) is 0 Å². The van der Waals surface area contributed by atoms with E-state index < -0.39 is 0 Å². The highest BCUT2D eigenvalue weighted by Gasteiger charge is 2.29. The van der Waals surface area contributed by atoms with Gasteiger partial charge in [-0.2, -0.15) is 0 Å². The molecule has 5 heteroatoms. The molecule has 1 fully saturated rings. The molecule has 0 bridgehead atoms. The summed E-state index contributed by atoms with van der Waals surface area (Å²) in [6, 6.07) is 6.04. The second-order valence-electron chi connectivity index (χ2n) is 4.79. The molecule has 3 nitrogen and oxygen atoms in total. The monoisotopic (exact) mass is 302 g/mol. The Bertz CT molecular complexity index is 428. The van der Waals surface area contributed by atoms with E-state index in [1.807, 2.05) is 12.1 Å². The van der Waals surface area contributed by atoms with Crippen molar-refractivity contribution in [3.05, 3.63) is 33.8 Å². The van der Waals surface area contributed by atoms with E-state index in [9.17, 15) is 0 Å². The van der Waals surface area contributed by atoms with E-state index in [2.05, 4.69) is 11.8 Å². The van der Waals surface area contributed by atoms with Crippen molar-refractivity contribution in [2.45, 2.75) is 25.4 Å². The van der Waals surface area contributed by atoms with E-state index in [1.165, 1.54) is 0 Å². The quantitative estimate of drug-likeness (QED) is 0.929. The lowest BCUT2D eigenvalue weighted by Crippen LogP contribution is -2.48. The topological polar surface area (TPSA) is 38.5 Å². The third-order valence-electron chi connectivity index (χ3n) is 3.68. The summed E-state index contributed by atoms with van der Waals surface area (Å²) in [6.07, 6.45) is 1.04. The highest BCUT2D eigenvalue weighted by Crippen LogP contribution is 2.32. The lowest BCUT2D eigenvalue weighted by atomic mass is 10.0. The maximum Gasteiger partial charge on any atom is 0.0622 e. The molecule has 19 heavy (non-hydrogen) atoms. The van der Waals surface area contributed by atoms with Crippen molar-refractivity contribution in [3.8, 4) is 0 Å². The van der Waals surface area contributed by atoms with Crippen molar-refractivity contribution in [1.82, 2.24) is 4.90 Å². The summed E-state index contributed by atoms with van der Waals surface area (Å²) in [4.78, 5) is 2.39. The number of hydrogen-bond acceptors (Lipinski definition) is 3. The molecule has 0 amide bonds. The first-order valence-corrected chi connectivity index (χ1v) is 7.41. The van der Waals surface area contributed by atoms with Gasteiger partial charge in [-0.05, 0) is 30.2 Å². The maximum atomic E-state index is 6.31. The van der Waals surface area contributed by atoms with Crippen LogP contribution in [0.3, 0.4) is 0 Å². The second-order valence-corrected chi connectivity index (χ2v) is 5.64. The first-order valence-electron chi connectivity index (χ1n) is 6.65. The van der Waals surface area contributed by atoms with E-state index in [0.717, 1.165) is 36.8 Å². The van der Waals surface area contributed by atoms with Gasteiger partial charge in [0.1, 0.15) is 0 Å². The number of hydrogen-bond donors (Lipinski definition) is 1. The van der Waals surface area contributed by atoms with Gasteiger partial charge in [-0.15, -0.1) is 0 Å². The third-order valence-corrected chi connectivity index (χ3v) is 4.26. The van der Waals surface area contributed by atoms with Crippen LogP contribution in [0.2, 0.25) is 10.0 Å². The molecule has 1 aliphatic heterocycles. The molecule has 2 N–H and O–H groups in total. The van der Waals surface area contributed by atoms with Crippen molar-refractivity contribution >= 4 is 23.2 Å². The summed E-state index contributed by atoms with van der Waals surface area (Å²) in [5.41, 5.74) is 7.00. The van der Waals surface area contributed by atoms with Gasteiger partial charge >= 0.3 is 0 Å². The standard InChI is InChI=1S/C14H20Cl2N2O/c1-2-11-9-19-6-5-18(11)14(8-17)12-7-10(15)3-4-13(12)16/h3-4,7,11,14H,2,5-6,8-9,17H2,1H3. The van der Waals surface area contributed by atoms with Gasteiger partial charge in [0.05, 0.1) is 13.2 Å². The molecule has 0 spiro atoms. The number of halogens is 2. The Hall–Kier alpha value is -0.320. The lowest BCUT2D eigenvalue weighted by Gasteiger charge is -2.40. The predicted molar refractivity (Wildman–Crippen MR) is 79.9 cm³/mol. The second kappa shape index (κ2) is 6.91. The zero-order valence-electron chi connectivity index (χ0n) is 11.1. The molecule has 1 heterocycles. The van der Waals surface area contributed by atoms with Gasteiger partial charge in [-0.1, -0.05) is 30.1 Å². The largest absolute Gasteiger partial charge is 0.378 e. The minimum Gasteiger partial charge on any atom is -0.378 e. The fourth-order valence-corrected chi connectivity index (χ4v) is 3.07. The average molecular weight is 303 g/mol. The SMILES string of the molecule is CCC1COCCN1C(CN)c1cc(Cl)ccc1Cl. The van der Waals surface area contributed by atoms with Gasteiger partial charge in [-0.25, -0.2) is 0 Å². The summed E-state index contributed by atoms with van der Waals surface area (Å²) in [6.45, 7) is 5.07. The van der Waals surface area contributed by atoms with Gasteiger partial charge in [-0.3, -0.25) is 4.90 Å². The molecule has 1 aromatic rings. The van der Waals surface area contributed by atoms with E-state index in [4.69, 9.17) is 33.7 Å². The molecule has 0 radical (unpaired) electrons. The highest BCUT2D eigenvalue weighted by atomic mass is 35.5. The molecule has 2 atom stereocenters. The fourth-order valence-electron chi connectivity index (χ4n) is 2.64. The van der Waals surface area contributed by atoms with E-state index in [-0.39, 0.29) is 6.04 Å². The van der Waals surface area contributed by atoms with Gasteiger partial charge in [0.2, 0.25) is 0 Å². The lowest BCUT2D eigenvalue weighted by molar-refractivity contribution is -0.0290. The Morgan fingerprint density at radius 1 is 1.47 bits per heavy atom. The van der Waals surface area contributed by atoms with Crippen LogP contribution >= 0.6 is 23.2 Å². The van der Waals surface area contributed by atoms with Gasteiger partial charge in [0.15, 0.2) is 0 Å². The minimum absolute atomic E-state index is 0.0973. The maximum absolute atomic E-state index is 6.31. The Balaban J connectivity index is 2.29. The van der Waals surface area contributed by atoms with Crippen LogP contribution in [-0.4, -0.2) is 37.2 Å². The molecule has 1 saturated heterocycles. The zero-order chi connectivity index (χ0) is 13.8. The van der Waals surface area contributed by atoms with Gasteiger partial charge in [0.25, 0.3) is 0 Å². The number of nitrogens with zero attached hydrogens (tertiary/aromatic N) is 1. The third kappa shape index (κ3) is 3.41. The van der Waals surface area contributed by atoms with Gasteiger partial charge < -0.3 is 10.5 Å². The molecular weight excluding hydrogens is 283 g/mol. The number of ether oxygens (including phenoxy) is 1. The predicted octanol–water partition coefficient (Wildman–Crippen LogP) is 3.10. The highest BCUT2D eigenvalue weighted by molar-refractivity contribution is 6.33. The molecule has 0 saturated carbocycles. The van der Waals surface area contributed by atoms with Crippen molar-refractivity contribution < 1.29 is 4.74 Å². The molecular formula is C14H20Cl2N2O. The first kappa shape index (κ1) is 15.1. The van der Waals surface area contributed by atoms with E-state index in [0.29, 0.717) is 17.6 Å². The van der Waals surface area contributed by atoms with Crippen molar-refractivity contribution in [3.63, 3.8) is 0 Å². The Kier molecular flexibility index (Phi) is 5.48. The van der Waals surface area contributed by atoms with Crippen molar-refractivity contribution in [2.24, 2.45) is 5.73 Å². The van der Waals surface area contributed by atoms with Crippen LogP contribution < -0.4 is 5.73 Å². The van der Waals surface area contributed by atoms with Crippen molar-refractivity contribution in [2.75, 3.05) is 26.3 Å². The molecule has 0 aliphatic carbocycles. The summed E-state index contributed by atoms with van der Waals surface area (Å²) in [5.74, 6) is 0. The summed E-state index contributed by atoms with van der Waals surface area (Å²) in [7, 11) is 0. The smallest absolute Gasteiger partial charge is 0.0622 e. The van der Waals surface area contributed by atoms with Crippen LogP contribution in [0.5, 0.6) is 0 Å². The van der Waals surface area contributed by atoms with Crippen LogP contribution in [0.25, 0.3) is 0 Å². The van der Waals surface area contributed by atoms with Crippen LogP contribution in [0.1, 0.15) is 24.9 Å². The summed E-state index contributed by atoms with van der Waals surface area (Å²) in [5, 5.41) is 1.42. The molecule has 1 aliphatic rings.